The fourth-order valence-electron chi connectivity index (χ4n) is 1.85. The third-order valence-electron chi connectivity index (χ3n) is 2.97. The summed E-state index contributed by atoms with van der Waals surface area (Å²) in [7, 11) is -3.94. The number of nitro groups is 1. The number of aryl methyl sites for hydroxylation is 1. The topological polar surface area (TPSA) is 116 Å². The molecule has 1 saturated heterocycles. The summed E-state index contributed by atoms with van der Waals surface area (Å²) in [5.41, 5.74) is 0.885. The molecule has 1 fully saturated rings. The SMILES string of the molecule is Cc1ccc(S(=O)(=O)N2CN(N=O)CN([N+](=O)[O-])C2)cc1. The number of hydrazine groups is 1. The van der Waals surface area contributed by atoms with Gasteiger partial charge in [0.25, 0.3) is 0 Å². The molecule has 0 spiro atoms. The second-order valence-corrected chi connectivity index (χ2v) is 6.46. The predicted octanol–water partition coefficient (Wildman–Crippen LogP) is 0.349. The predicted molar refractivity (Wildman–Crippen MR) is 71.3 cm³/mol. The quantitative estimate of drug-likeness (QED) is 0.447. The maximum atomic E-state index is 12.4. The summed E-state index contributed by atoms with van der Waals surface area (Å²) in [6.45, 7) is 0.666. The van der Waals surface area contributed by atoms with Crippen LogP contribution in [0.3, 0.4) is 0 Å². The van der Waals surface area contributed by atoms with Crippen molar-refractivity contribution >= 4 is 10.0 Å². The van der Waals surface area contributed by atoms with E-state index in [4.69, 9.17) is 0 Å². The van der Waals surface area contributed by atoms with Crippen molar-refractivity contribution in [3.8, 4) is 0 Å². The van der Waals surface area contributed by atoms with Gasteiger partial charge in [-0.2, -0.15) is 4.31 Å². The molecule has 114 valence electrons. The zero-order valence-electron chi connectivity index (χ0n) is 11.1. The molecular weight excluding hydrogens is 302 g/mol. The number of benzene rings is 1. The Hall–Kier alpha value is -2.27. The summed E-state index contributed by atoms with van der Waals surface area (Å²) in [6.07, 6.45) is 0. The van der Waals surface area contributed by atoms with E-state index in [1.54, 1.807) is 12.1 Å². The fourth-order valence-corrected chi connectivity index (χ4v) is 3.20. The van der Waals surface area contributed by atoms with Gasteiger partial charge in [0, 0.05) is 0 Å². The van der Waals surface area contributed by atoms with Crippen LogP contribution in [0.1, 0.15) is 5.56 Å². The molecule has 1 aromatic rings. The van der Waals surface area contributed by atoms with Gasteiger partial charge in [0.15, 0.2) is 11.7 Å². The van der Waals surface area contributed by atoms with Crippen LogP contribution in [0.4, 0.5) is 0 Å². The minimum absolute atomic E-state index is 0.00384. The molecule has 0 aromatic heterocycles. The highest BCUT2D eigenvalue weighted by Gasteiger charge is 2.36. The van der Waals surface area contributed by atoms with Crippen LogP contribution in [0.25, 0.3) is 0 Å². The molecule has 1 heterocycles. The van der Waals surface area contributed by atoms with Crippen LogP contribution in [0.2, 0.25) is 0 Å². The summed E-state index contributed by atoms with van der Waals surface area (Å²) in [6, 6.07) is 6.07. The largest absolute Gasteiger partial charge is 0.246 e. The van der Waals surface area contributed by atoms with Crippen molar-refractivity contribution in [1.29, 1.82) is 0 Å². The van der Waals surface area contributed by atoms with Gasteiger partial charge in [-0.3, -0.25) is 0 Å². The van der Waals surface area contributed by atoms with E-state index in [0.29, 0.717) is 5.01 Å². The van der Waals surface area contributed by atoms with Gasteiger partial charge in [-0.25, -0.2) is 23.5 Å². The van der Waals surface area contributed by atoms with Gasteiger partial charge >= 0.3 is 0 Å². The fraction of sp³-hybridized carbons (Fsp3) is 0.400. The minimum Gasteiger partial charge on any atom is -0.235 e. The van der Waals surface area contributed by atoms with E-state index in [0.717, 1.165) is 14.9 Å². The van der Waals surface area contributed by atoms with E-state index in [-0.39, 0.29) is 18.2 Å². The molecule has 0 unspecified atom stereocenters. The Labute approximate surface area is 120 Å². The monoisotopic (exact) mass is 315 g/mol. The van der Waals surface area contributed by atoms with Crippen LogP contribution >= 0.6 is 0 Å². The zero-order chi connectivity index (χ0) is 15.6. The third-order valence-corrected chi connectivity index (χ3v) is 4.75. The van der Waals surface area contributed by atoms with Crippen LogP contribution < -0.4 is 0 Å². The number of hydrogen-bond donors (Lipinski definition) is 0. The smallest absolute Gasteiger partial charge is 0.235 e. The molecule has 0 saturated carbocycles. The van der Waals surface area contributed by atoms with Crippen molar-refractivity contribution in [3.63, 3.8) is 0 Å². The first-order chi connectivity index (χ1) is 9.84. The average molecular weight is 315 g/mol. The van der Waals surface area contributed by atoms with E-state index in [9.17, 15) is 23.4 Å². The molecule has 21 heavy (non-hydrogen) atoms. The van der Waals surface area contributed by atoms with Crippen molar-refractivity contribution in [2.24, 2.45) is 5.29 Å². The van der Waals surface area contributed by atoms with Gasteiger partial charge < -0.3 is 0 Å². The molecule has 1 aliphatic heterocycles. The normalized spacial score (nSPS) is 16.8. The lowest BCUT2D eigenvalue weighted by Gasteiger charge is -2.33. The van der Waals surface area contributed by atoms with Crippen molar-refractivity contribution < 1.29 is 13.5 Å². The van der Waals surface area contributed by atoms with E-state index >= 15 is 0 Å². The Morgan fingerprint density at radius 1 is 1.19 bits per heavy atom. The van der Waals surface area contributed by atoms with Crippen LogP contribution in [0, 0.1) is 21.9 Å². The lowest BCUT2D eigenvalue weighted by atomic mass is 10.2. The van der Waals surface area contributed by atoms with Gasteiger partial charge in [-0.1, -0.05) is 22.7 Å². The van der Waals surface area contributed by atoms with Crippen molar-refractivity contribution in [1.82, 2.24) is 14.3 Å². The third kappa shape index (κ3) is 3.08. The number of rotatable bonds is 4. The highest BCUT2D eigenvalue weighted by atomic mass is 32.2. The number of nitroso groups, excluding NO2 is 1. The number of nitrogens with zero attached hydrogens (tertiary/aromatic N) is 5. The molecule has 0 amide bonds. The molecule has 1 aromatic carbocycles. The highest BCUT2D eigenvalue weighted by Crippen LogP contribution is 2.20. The van der Waals surface area contributed by atoms with E-state index < -0.39 is 21.7 Å². The van der Waals surface area contributed by atoms with Gasteiger partial charge in [-0.15, -0.1) is 4.91 Å². The molecule has 10 nitrogen and oxygen atoms in total. The lowest BCUT2D eigenvalue weighted by Crippen LogP contribution is -2.56. The first-order valence-corrected chi connectivity index (χ1v) is 7.33. The van der Waals surface area contributed by atoms with Crippen LogP contribution in [0.15, 0.2) is 34.4 Å². The van der Waals surface area contributed by atoms with Crippen molar-refractivity contribution in [3.05, 3.63) is 44.9 Å². The van der Waals surface area contributed by atoms with E-state index in [2.05, 4.69) is 5.29 Å². The van der Waals surface area contributed by atoms with Crippen LogP contribution in [-0.4, -0.2) is 47.8 Å². The van der Waals surface area contributed by atoms with Gasteiger partial charge in [0.05, 0.1) is 10.2 Å². The molecule has 0 aliphatic carbocycles. The molecule has 2 rings (SSSR count). The second kappa shape index (κ2) is 5.61. The van der Waals surface area contributed by atoms with Crippen molar-refractivity contribution in [2.75, 3.05) is 20.0 Å². The lowest BCUT2D eigenvalue weighted by molar-refractivity contribution is -0.667. The number of hydrogen-bond acceptors (Lipinski definition) is 6. The summed E-state index contributed by atoms with van der Waals surface area (Å²) < 4.78 is 25.7. The first kappa shape index (κ1) is 15.1. The molecule has 1 aliphatic rings. The van der Waals surface area contributed by atoms with E-state index in [1.165, 1.54) is 12.1 Å². The molecule has 11 heteroatoms. The molecular formula is C10H13N5O5S. The van der Waals surface area contributed by atoms with Crippen LogP contribution in [-0.2, 0) is 10.0 Å². The minimum atomic E-state index is -3.94. The average Bonchev–Trinajstić information content (AvgIpc) is 2.47. The Morgan fingerprint density at radius 3 is 2.33 bits per heavy atom. The maximum absolute atomic E-state index is 12.4. The first-order valence-electron chi connectivity index (χ1n) is 5.89. The summed E-state index contributed by atoms with van der Waals surface area (Å²) in [5.74, 6) is 0. The Bertz CT molecular complexity index is 646. The zero-order valence-corrected chi connectivity index (χ0v) is 11.9. The van der Waals surface area contributed by atoms with Gasteiger partial charge in [0.1, 0.15) is 13.3 Å². The Balaban J connectivity index is 2.31. The number of sulfonamides is 1. The molecule has 0 atom stereocenters. The summed E-state index contributed by atoms with van der Waals surface area (Å²) in [5, 5.41) is 14.0. The summed E-state index contributed by atoms with van der Waals surface area (Å²) >= 11 is 0. The standard InChI is InChI=1S/C10H13N5O5S/c1-9-2-4-10(5-3-9)21(19,20)14-7-12(11-16)6-13(8-14)15(17)18/h2-5H,6-8H2,1H3. The highest BCUT2D eigenvalue weighted by molar-refractivity contribution is 7.89. The van der Waals surface area contributed by atoms with Gasteiger partial charge in [-0.05, 0) is 19.1 Å². The summed E-state index contributed by atoms with van der Waals surface area (Å²) in [4.78, 5) is 21.4. The van der Waals surface area contributed by atoms with Crippen molar-refractivity contribution in [2.45, 2.75) is 11.8 Å². The maximum Gasteiger partial charge on any atom is 0.246 e. The Morgan fingerprint density at radius 2 is 1.81 bits per heavy atom. The molecule has 0 radical (unpaired) electrons. The van der Waals surface area contributed by atoms with Crippen LogP contribution in [0.5, 0.6) is 0 Å². The Kier molecular flexibility index (Phi) is 4.04. The second-order valence-electron chi connectivity index (χ2n) is 4.53. The van der Waals surface area contributed by atoms with Gasteiger partial charge in [0.2, 0.25) is 10.0 Å². The molecule has 0 bridgehead atoms. The molecule has 0 N–H and O–H groups in total. The van der Waals surface area contributed by atoms with E-state index in [1.807, 2.05) is 6.92 Å².